The molecule has 0 radical (unpaired) electrons. The molecule has 0 aromatic heterocycles. The summed E-state index contributed by atoms with van der Waals surface area (Å²) in [5, 5.41) is 3.75. The zero-order valence-corrected chi connectivity index (χ0v) is 23.2. The maximum absolute atomic E-state index is 13.7. The van der Waals surface area contributed by atoms with Crippen LogP contribution in [0.25, 0.3) is 0 Å². The van der Waals surface area contributed by atoms with Gasteiger partial charge in [-0.2, -0.15) is 0 Å². The van der Waals surface area contributed by atoms with Crippen molar-refractivity contribution in [2.75, 3.05) is 17.1 Å². The predicted octanol–water partition coefficient (Wildman–Crippen LogP) is 5.13. The van der Waals surface area contributed by atoms with Gasteiger partial charge in [-0.1, -0.05) is 66.8 Å². The Bertz CT molecular complexity index is 1160. The molecular weight excluding hydrogens is 533 g/mol. The summed E-state index contributed by atoms with van der Waals surface area (Å²) in [6.45, 7) is 5.07. The third-order valence-electron chi connectivity index (χ3n) is 5.54. The van der Waals surface area contributed by atoms with Crippen molar-refractivity contribution in [3.63, 3.8) is 0 Å². The summed E-state index contributed by atoms with van der Waals surface area (Å²) in [7, 11) is -3.91. The first-order chi connectivity index (χ1) is 16.4. The molecule has 2 aromatic rings. The third-order valence-corrected chi connectivity index (χ3v) is 7.58. The number of anilines is 1. The van der Waals surface area contributed by atoms with E-state index in [1.165, 1.54) is 23.1 Å². The van der Waals surface area contributed by atoms with Crippen LogP contribution in [-0.4, -0.2) is 50.0 Å². The van der Waals surface area contributed by atoms with E-state index in [1.54, 1.807) is 31.2 Å². The number of rotatable bonds is 11. The molecule has 0 saturated heterocycles. The van der Waals surface area contributed by atoms with Crippen molar-refractivity contribution in [2.45, 2.75) is 52.2 Å². The molecule has 0 bridgehead atoms. The lowest BCUT2D eigenvalue weighted by Crippen LogP contribution is -2.53. The Kier molecular flexibility index (Phi) is 10.7. The lowest BCUT2D eigenvalue weighted by atomic mass is 10.1. The van der Waals surface area contributed by atoms with Gasteiger partial charge in [0, 0.05) is 22.6 Å². The molecule has 2 atom stereocenters. The molecule has 192 valence electrons. The molecule has 0 aliphatic carbocycles. The number of halogens is 3. The van der Waals surface area contributed by atoms with Crippen LogP contribution in [0.2, 0.25) is 15.1 Å². The van der Waals surface area contributed by atoms with Crippen molar-refractivity contribution in [3.8, 4) is 0 Å². The molecule has 0 fully saturated rings. The van der Waals surface area contributed by atoms with Crippen LogP contribution in [0.15, 0.2) is 42.5 Å². The number of hydrogen-bond donors (Lipinski definition) is 1. The van der Waals surface area contributed by atoms with E-state index < -0.39 is 28.5 Å². The minimum atomic E-state index is -3.91. The fourth-order valence-electron chi connectivity index (χ4n) is 3.45. The highest BCUT2D eigenvalue weighted by molar-refractivity contribution is 7.92. The van der Waals surface area contributed by atoms with E-state index in [9.17, 15) is 18.0 Å². The van der Waals surface area contributed by atoms with Crippen molar-refractivity contribution >= 4 is 62.3 Å². The quantitative estimate of drug-likeness (QED) is 0.411. The van der Waals surface area contributed by atoms with Crippen LogP contribution in [0.3, 0.4) is 0 Å². The van der Waals surface area contributed by atoms with Crippen LogP contribution < -0.4 is 9.62 Å². The number of hydrogen-bond acceptors (Lipinski definition) is 4. The molecule has 0 spiro atoms. The topological polar surface area (TPSA) is 86.8 Å². The smallest absolute Gasteiger partial charge is 0.244 e. The summed E-state index contributed by atoms with van der Waals surface area (Å²) in [6.07, 6.45) is 2.02. The number of sulfonamides is 1. The van der Waals surface area contributed by atoms with Crippen molar-refractivity contribution in [1.29, 1.82) is 0 Å². The fraction of sp³-hybridized carbons (Fsp3) is 0.417. The number of carbonyl (C=O) groups excluding carboxylic acids is 2. The summed E-state index contributed by atoms with van der Waals surface area (Å²) in [5.41, 5.74) is 0.745. The molecule has 0 aliphatic heterocycles. The van der Waals surface area contributed by atoms with Gasteiger partial charge in [-0.3, -0.25) is 13.9 Å². The Morgan fingerprint density at radius 2 is 1.66 bits per heavy atom. The number of nitrogens with zero attached hydrogens (tertiary/aromatic N) is 2. The van der Waals surface area contributed by atoms with E-state index in [-0.39, 0.29) is 29.2 Å². The van der Waals surface area contributed by atoms with Gasteiger partial charge < -0.3 is 10.2 Å². The highest BCUT2D eigenvalue weighted by Gasteiger charge is 2.33. The second-order valence-corrected chi connectivity index (χ2v) is 11.4. The molecular formula is C24H30Cl3N3O4S. The fourth-order valence-corrected chi connectivity index (χ4v) is 5.07. The molecule has 2 rings (SSSR count). The maximum Gasteiger partial charge on any atom is 0.244 e. The van der Waals surface area contributed by atoms with Gasteiger partial charge in [0.25, 0.3) is 0 Å². The zero-order valence-electron chi connectivity index (χ0n) is 20.1. The van der Waals surface area contributed by atoms with Gasteiger partial charge >= 0.3 is 0 Å². The second kappa shape index (κ2) is 12.8. The predicted molar refractivity (Wildman–Crippen MR) is 143 cm³/mol. The summed E-state index contributed by atoms with van der Waals surface area (Å²) in [6, 6.07) is 10.4. The van der Waals surface area contributed by atoms with E-state index in [2.05, 4.69) is 5.32 Å². The lowest BCUT2D eigenvalue weighted by molar-refractivity contribution is -0.140. The summed E-state index contributed by atoms with van der Waals surface area (Å²) in [5.74, 6) is -0.898. The number of nitrogens with one attached hydrogen (secondary N) is 1. The minimum Gasteiger partial charge on any atom is -0.352 e. The summed E-state index contributed by atoms with van der Waals surface area (Å²) < 4.78 is 26.2. The van der Waals surface area contributed by atoms with Crippen molar-refractivity contribution in [3.05, 3.63) is 63.1 Å². The van der Waals surface area contributed by atoms with Gasteiger partial charge in [0.1, 0.15) is 12.6 Å². The van der Waals surface area contributed by atoms with Gasteiger partial charge in [0.15, 0.2) is 0 Å². The van der Waals surface area contributed by atoms with E-state index in [0.717, 1.165) is 17.0 Å². The number of amides is 2. The molecule has 0 heterocycles. The number of carbonyl (C=O) groups is 2. The first-order valence-corrected chi connectivity index (χ1v) is 14.1. The van der Waals surface area contributed by atoms with Crippen molar-refractivity contribution in [2.24, 2.45) is 0 Å². The second-order valence-electron chi connectivity index (χ2n) is 8.22. The molecule has 2 amide bonds. The third kappa shape index (κ3) is 8.00. The van der Waals surface area contributed by atoms with Gasteiger partial charge in [-0.25, -0.2) is 8.42 Å². The van der Waals surface area contributed by atoms with Crippen LogP contribution in [-0.2, 0) is 26.2 Å². The molecule has 2 aromatic carbocycles. The highest BCUT2D eigenvalue weighted by Crippen LogP contribution is 2.31. The average molecular weight is 563 g/mol. The van der Waals surface area contributed by atoms with Gasteiger partial charge in [0.05, 0.1) is 17.0 Å². The molecule has 7 nitrogen and oxygen atoms in total. The monoisotopic (exact) mass is 561 g/mol. The van der Waals surface area contributed by atoms with Crippen LogP contribution in [0.5, 0.6) is 0 Å². The van der Waals surface area contributed by atoms with Gasteiger partial charge in [-0.05, 0) is 49.6 Å². The molecule has 0 saturated carbocycles. The Morgan fingerprint density at radius 1 is 1.00 bits per heavy atom. The van der Waals surface area contributed by atoms with Crippen LogP contribution in [0.1, 0.15) is 39.2 Å². The van der Waals surface area contributed by atoms with E-state index in [0.29, 0.717) is 22.0 Å². The average Bonchev–Trinajstić information content (AvgIpc) is 2.78. The first kappa shape index (κ1) is 29.2. The zero-order chi connectivity index (χ0) is 26.3. The van der Waals surface area contributed by atoms with E-state index in [4.69, 9.17) is 34.8 Å². The van der Waals surface area contributed by atoms with Crippen molar-refractivity contribution in [1.82, 2.24) is 10.2 Å². The Labute approximate surface area is 222 Å². The lowest BCUT2D eigenvalue weighted by Gasteiger charge is -2.33. The number of benzene rings is 2. The standard InChI is InChI=1S/C24H30Cl3N3O4S/c1-5-16(3)28-24(32)21(6-2)29(14-17-9-7-8-10-19(17)26)23(31)15-30(35(4,33)34)22-12-11-18(25)13-20(22)27/h7-13,16,21H,5-6,14-15H2,1-4H3,(H,28,32). The largest absolute Gasteiger partial charge is 0.352 e. The molecule has 35 heavy (non-hydrogen) atoms. The normalized spacial score (nSPS) is 13.1. The Morgan fingerprint density at radius 3 is 2.20 bits per heavy atom. The first-order valence-electron chi connectivity index (χ1n) is 11.1. The Balaban J connectivity index is 2.49. The van der Waals surface area contributed by atoms with E-state index >= 15 is 0 Å². The summed E-state index contributed by atoms with van der Waals surface area (Å²) in [4.78, 5) is 28.1. The van der Waals surface area contributed by atoms with Gasteiger partial charge in [0.2, 0.25) is 21.8 Å². The Hall–Kier alpha value is -2.00. The summed E-state index contributed by atoms with van der Waals surface area (Å²) >= 11 is 18.6. The molecule has 1 N–H and O–H groups in total. The minimum absolute atomic E-state index is 0.0247. The molecule has 11 heteroatoms. The van der Waals surface area contributed by atoms with Crippen molar-refractivity contribution < 1.29 is 18.0 Å². The van der Waals surface area contributed by atoms with E-state index in [1.807, 2.05) is 13.8 Å². The van der Waals surface area contributed by atoms with Crippen LogP contribution in [0, 0.1) is 0 Å². The molecule has 0 aliphatic rings. The van der Waals surface area contributed by atoms with Crippen LogP contribution in [0.4, 0.5) is 5.69 Å². The SMILES string of the molecule is CCC(C)NC(=O)C(CC)N(Cc1ccccc1Cl)C(=O)CN(c1ccc(Cl)cc1Cl)S(C)(=O)=O. The molecule has 2 unspecified atom stereocenters. The maximum atomic E-state index is 13.7. The highest BCUT2D eigenvalue weighted by atomic mass is 35.5. The van der Waals surface area contributed by atoms with Crippen LogP contribution >= 0.6 is 34.8 Å². The van der Waals surface area contributed by atoms with Gasteiger partial charge in [-0.15, -0.1) is 0 Å².